The second-order valence-electron chi connectivity index (χ2n) is 4.38. The normalized spacial score (nSPS) is 19.7. The maximum Gasteiger partial charge on any atom is 0.255 e. The van der Waals surface area contributed by atoms with E-state index in [0.29, 0.717) is 6.54 Å². The van der Waals surface area contributed by atoms with E-state index < -0.39 is 0 Å². The van der Waals surface area contributed by atoms with Crippen molar-refractivity contribution in [1.82, 2.24) is 4.90 Å². The van der Waals surface area contributed by atoms with Crippen molar-refractivity contribution in [3.63, 3.8) is 0 Å². The first-order valence-corrected chi connectivity index (χ1v) is 6.49. The molecule has 1 aliphatic heterocycles. The Balaban J connectivity index is 2.17. The highest BCUT2D eigenvalue weighted by Crippen LogP contribution is 2.22. The summed E-state index contributed by atoms with van der Waals surface area (Å²) in [4.78, 5) is 14.2. The van der Waals surface area contributed by atoms with Crippen molar-refractivity contribution in [2.24, 2.45) is 0 Å². The van der Waals surface area contributed by atoms with Gasteiger partial charge in [0.05, 0.1) is 11.7 Å². The Morgan fingerprint density at radius 2 is 2.29 bits per heavy atom. The molecule has 17 heavy (non-hydrogen) atoms. The van der Waals surface area contributed by atoms with Gasteiger partial charge in [-0.25, -0.2) is 0 Å². The van der Waals surface area contributed by atoms with E-state index in [1.165, 1.54) is 0 Å². The molecule has 1 aromatic carbocycles. The molecule has 1 heterocycles. The molecule has 92 valence electrons. The zero-order valence-electron chi connectivity index (χ0n) is 10.1. The molecule has 1 saturated heterocycles. The zero-order valence-corrected chi connectivity index (χ0v) is 11.7. The summed E-state index contributed by atoms with van der Waals surface area (Å²) in [6.45, 7) is 3.46. The summed E-state index contributed by atoms with van der Waals surface area (Å²) in [5, 5.41) is 0. The Hall–Kier alpha value is -0.870. The highest BCUT2D eigenvalue weighted by Gasteiger charge is 2.27. The lowest BCUT2D eigenvalue weighted by molar-refractivity contribution is 0.0723. The van der Waals surface area contributed by atoms with Crippen LogP contribution in [0.5, 0.6) is 0 Å². The van der Waals surface area contributed by atoms with E-state index in [-0.39, 0.29) is 12.0 Å². The van der Waals surface area contributed by atoms with Crippen LogP contribution in [-0.4, -0.2) is 37.1 Å². The van der Waals surface area contributed by atoms with Gasteiger partial charge in [0.15, 0.2) is 0 Å². The molecule has 0 spiro atoms. The van der Waals surface area contributed by atoms with E-state index in [1.54, 1.807) is 7.11 Å². The van der Waals surface area contributed by atoms with Crippen molar-refractivity contribution in [1.29, 1.82) is 0 Å². The third-order valence-electron chi connectivity index (χ3n) is 3.12. The van der Waals surface area contributed by atoms with Gasteiger partial charge >= 0.3 is 0 Å². The molecule has 3 nitrogen and oxygen atoms in total. The van der Waals surface area contributed by atoms with Crippen molar-refractivity contribution < 1.29 is 9.53 Å². The predicted octanol–water partition coefficient (Wildman–Crippen LogP) is 2.62. The molecule has 1 amide bonds. The molecule has 0 radical (unpaired) electrons. The largest absolute Gasteiger partial charge is 0.380 e. The number of ether oxygens (including phenoxy) is 1. The molecule has 2 rings (SSSR count). The van der Waals surface area contributed by atoms with Crippen LogP contribution in [0.25, 0.3) is 0 Å². The molecule has 0 aliphatic carbocycles. The number of rotatable bonds is 2. The van der Waals surface area contributed by atoms with Crippen LogP contribution in [0.1, 0.15) is 22.3 Å². The molecule has 1 atom stereocenters. The maximum absolute atomic E-state index is 12.3. The average molecular weight is 298 g/mol. The van der Waals surface area contributed by atoms with Gasteiger partial charge in [0.2, 0.25) is 0 Å². The van der Waals surface area contributed by atoms with Gasteiger partial charge in [0.25, 0.3) is 5.91 Å². The van der Waals surface area contributed by atoms with Gasteiger partial charge in [-0.05, 0) is 41.4 Å². The molecule has 1 fully saturated rings. The molecule has 1 aliphatic rings. The Kier molecular flexibility index (Phi) is 3.84. The third-order valence-corrected chi connectivity index (χ3v) is 3.81. The second-order valence-corrected chi connectivity index (χ2v) is 5.24. The van der Waals surface area contributed by atoms with Crippen LogP contribution in [0.3, 0.4) is 0 Å². The highest BCUT2D eigenvalue weighted by molar-refractivity contribution is 9.10. The summed E-state index contributed by atoms with van der Waals surface area (Å²) in [5.74, 6) is 0.0834. The number of carbonyl (C=O) groups is 1. The van der Waals surface area contributed by atoms with Crippen LogP contribution in [-0.2, 0) is 4.74 Å². The molecule has 0 bridgehead atoms. The summed E-state index contributed by atoms with van der Waals surface area (Å²) >= 11 is 3.43. The quantitative estimate of drug-likeness (QED) is 0.840. The molecule has 1 aromatic rings. The zero-order chi connectivity index (χ0) is 12.4. The van der Waals surface area contributed by atoms with E-state index >= 15 is 0 Å². The Bertz CT molecular complexity index is 433. The predicted molar refractivity (Wildman–Crippen MR) is 70.2 cm³/mol. The number of halogens is 1. The average Bonchev–Trinajstić information content (AvgIpc) is 2.80. The fourth-order valence-electron chi connectivity index (χ4n) is 2.08. The van der Waals surface area contributed by atoms with Crippen molar-refractivity contribution in [2.45, 2.75) is 19.4 Å². The number of hydrogen-bond acceptors (Lipinski definition) is 2. The molecular weight excluding hydrogens is 282 g/mol. The van der Waals surface area contributed by atoms with E-state index in [9.17, 15) is 4.79 Å². The van der Waals surface area contributed by atoms with Gasteiger partial charge in [-0.15, -0.1) is 0 Å². The van der Waals surface area contributed by atoms with E-state index in [1.807, 2.05) is 30.0 Å². The Labute approximate surface area is 110 Å². The van der Waals surface area contributed by atoms with Crippen LogP contribution in [0.15, 0.2) is 22.7 Å². The maximum atomic E-state index is 12.3. The minimum Gasteiger partial charge on any atom is -0.380 e. The minimum absolute atomic E-state index is 0.0834. The molecular formula is C13H16BrNO2. The fraction of sp³-hybridized carbons (Fsp3) is 0.462. The lowest BCUT2D eigenvalue weighted by Crippen LogP contribution is -2.30. The fourth-order valence-corrected chi connectivity index (χ4v) is 2.49. The van der Waals surface area contributed by atoms with Gasteiger partial charge in [-0.2, -0.15) is 0 Å². The second kappa shape index (κ2) is 5.19. The van der Waals surface area contributed by atoms with E-state index in [2.05, 4.69) is 15.9 Å². The molecule has 0 aromatic heterocycles. The van der Waals surface area contributed by atoms with Gasteiger partial charge in [0.1, 0.15) is 0 Å². The number of benzene rings is 1. The van der Waals surface area contributed by atoms with Crippen molar-refractivity contribution in [2.75, 3.05) is 20.2 Å². The lowest BCUT2D eigenvalue weighted by Gasteiger charge is -2.17. The van der Waals surface area contributed by atoms with Crippen LogP contribution in [0, 0.1) is 6.92 Å². The number of amides is 1. The first kappa shape index (κ1) is 12.6. The summed E-state index contributed by atoms with van der Waals surface area (Å²) in [6, 6.07) is 5.84. The molecule has 0 saturated carbocycles. The summed E-state index contributed by atoms with van der Waals surface area (Å²) in [5.41, 5.74) is 1.83. The van der Waals surface area contributed by atoms with Gasteiger partial charge in [-0.3, -0.25) is 4.79 Å². The Morgan fingerprint density at radius 3 is 2.94 bits per heavy atom. The van der Waals surface area contributed by atoms with Crippen molar-refractivity contribution in [3.8, 4) is 0 Å². The SMILES string of the molecule is COC1CCN(C(=O)c2cc(C)ccc2Br)C1. The molecule has 0 N–H and O–H groups in total. The summed E-state index contributed by atoms with van der Waals surface area (Å²) < 4.78 is 6.13. The summed E-state index contributed by atoms with van der Waals surface area (Å²) in [6.07, 6.45) is 1.11. The van der Waals surface area contributed by atoms with E-state index in [4.69, 9.17) is 4.74 Å². The van der Waals surface area contributed by atoms with Crippen molar-refractivity contribution >= 4 is 21.8 Å². The lowest BCUT2D eigenvalue weighted by atomic mass is 10.1. The topological polar surface area (TPSA) is 29.5 Å². The van der Waals surface area contributed by atoms with Crippen LogP contribution in [0.4, 0.5) is 0 Å². The number of likely N-dealkylation sites (tertiary alicyclic amines) is 1. The first-order valence-electron chi connectivity index (χ1n) is 5.70. The number of hydrogen-bond donors (Lipinski definition) is 0. The molecule has 1 unspecified atom stereocenters. The summed E-state index contributed by atoms with van der Waals surface area (Å²) in [7, 11) is 1.70. The van der Waals surface area contributed by atoms with Gasteiger partial charge in [-0.1, -0.05) is 11.6 Å². The number of carbonyl (C=O) groups excluding carboxylic acids is 1. The smallest absolute Gasteiger partial charge is 0.255 e. The standard InChI is InChI=1S/C13H16BrNO2/c1-9-3-4-12(14)11(7-9)13(16)15-6-5-10(8-15)17-2/h3-4,7,10H,5-6,8H2,1-2H3. The first-order chi connectivity index (χ1) is 8.11. The van der Waals surface area contributed by atoms with Crippen LogP contribution >= 0.6 is 15.9 Å². The highest BCUT2D eigenvalue weighted by atomic mass is 79.9. The monoisotopic (exact) mass is 297 g/mol. The van der Waals surface area contributed by atoms with Crippen LogP contribution < -0.4 is 0 Å². The number of methoxy groups -OCH3 is 1. The van der Waals surface area contributed by atoms with Gasteiger partial charge in [0, 0.05) is 24.7 Å². The Morgan fingerprint density at radius 1 is 1.53 bits per heavy atom. The number of nitrogens with zero attached hydrogens (tertiary/aromatic N) is 1. The van der Waals surface area contributed by atoms with Crippen molar-refractivity contribution in [3.05, 3.63) is 33.8 Å². The van der Waals surface area contributed by atoms with Gasteiger partial charge < -0.3 is 9.64 Å². The van der Waals surface area contributed by atoms with Crippen LogP contribution in [0.2, 0.25) is 0 Å². The van der Waals surface area contributed by atoms with E-state index in [0.717, 1.165) is 28.6 Å². The minimum atomic E-state index is 0.0834. The molecule has 4 heteroatoms. The number of aryl methyl sites for hydroxylation is 1. The third kappa shape index (κ3) is 2.69.